The number of fused-ring (bicyclic) bond motifs is 1. The summed E-state index contributed by atoms with van der Waals surface area (Å²) in [5, 5.41) is 8.65. The highest BCUT2D eigenvalue weighted by Crippen LogP contribution is 2.30. The minimum absolute atomic E-state index is 0.000840. The maximum Gasteiger partial charge on any atom is 0.323 e. The first-order chi connectivity index (χ1) is 15.2. The lowest BCUT2D eigenvalue weighted by atomic mass is 9.95. The molecule has 2 aliphatic heterocycles. The average molecular weight is 425 g/mol. The van der Waals surface area contributed by atoms with Gasteiger partial charge in [-0.25, -0.2) is 4.79 Å². The highest BCUT2D eigenvalue weighted by molar-refractivity contribution is 5.99. The number of nitrogens with zero attached hydrogens (tertiary/aromatic N) is 1. The fraction of sp³-hybridized carbons (Fsp3) is 0.391. The summed E-state index contributed by atoms with van der Waals surface area (Å²) in [5.74, 6) is 0.510. The van der Waals surface area contributed by atoms with E-state index in [2.05, 4.69) is 20.9 Å². The van der Waals surface area contributed by atoms with Crippen molar-refractivity contribution in [3.8, 4) is 5.75 Å². The van der Waals surface area contributed by atoms with Crippen LogP contribution in [-0.2, 0) is 16.0 Å². The number of rotatable bonds is 6. The molecule has 0 saturated carbocycles. The molecule has 0 aliphatic carbocycles. The van der Waals surface area contributed by atoms with Gasteiger partial charge in [-0.05, 0) is 42.3 Å². The maximum absolute atomic E-state index is 12.6. The van der Waals surface area contributed by atoms with E-state index in [1.807, 2.05) is 42.5 Å². The van der Waals surface area contributed by atoms with E-state index in [9.17, 15) is 9.59 Å². The van der Waals surface area contributed by atoms with Crippen molar-refractivity contribution < 1.29 is 19.1 Å². The van der Waals surface area contributed by atoms with Crippen molar-refractivity contribution >= 4 is 23.3 Å². The molecule has 0 aromatic heterocycles. The number of carbonyl (C=O) groups excluding carboxylic acids is 2. The summed E-state index contributed by atoms with van der Waals surface area (Å²) >= 11 is 0. The van der Waals surface area contributed by atoms with Crippen LogP contribution in [-0.4, -0.2) is 62.8 Å². The van der Waals surface area contributed by atoms with Gasteiger partial charge in [0.1, 0.15) is 12.4 Å². The van der Waals surface area contributed by atoms with E-state index in [0.29, 0.717) is 25.3 Å². The molecule has 0 bridgehead atoms. The number of benzene rings is 2. The van der Waals surface area contributed by atoms with Crippen LogP contribution < -0.4 is 20.7 Å². The van der Waals surface area contributed by atoms with Gasteiger partial charge in [-0.2, -0.15) is 0 Å². The van der Waals surface area contributed by atoms with Crippen LogP contribution in [0.5, 0.6) is 5.75 Å². The molecule has 3 N–H and O–H groups in total. The number of amides is 3. The Bertz CT molecular complexity index is 900. The SMILES string of the molecule is O=C(Nc1ccccc1)Nc1ccc2c(c1)CC(C(=O)NCCN1CCOCC1)CO2. The van der Waals surface area contributed by atoms with Gasteiger partial charge in [0.25, 0.3) is 0 Å². The van der Waals surface area contributed by atoms with Crippen molar-refractivity contribution in [3.63, 3.8) is 0 Å². The maximum atomic E-state index is 12.6. The number of morpholine rings is 1. The van der Waals surface area contributed by atoms with Gasteiger partial charge in [0.15, 0.2) is 0 Å². The molecule has 3 amide bonds. The van der Waals surface area contributed by atoms with Crippen molar-refractivity contribution in [1.29, 1.82) is 0 Å². The van der Waals surface area contributed by atoms with Crippen LogP contribution in [0.15, 0.2) is 48.5 Å². The zero-order chi connectivity index (χ0) is 21.5. The van der Waals surface area contributed by atoms with Crippen LogP contribution in [0, 0.1) is 5.92 Å². The zero-order valence-corrected chi connectivity index (χ0v) is 17.4. The van der Waals surface area contributed by atoms with Gasteiger partial charge in [-0.1, -0.05) is 18.2 Å². The van der Waals surface area contributed by atoms with Crippen molar-refractivity contribution in [2.45, 2.75) is 6.42 Å². The standard InChI is InChI=1S/C23H28N4O4/c28-22(24-8-9-27-10-12-30-13-11-27)18-14-17-15-20(6-7-21(17)31-16-18)26-23(29)25-19-4-2-1-3-5-19/h1-7,15,18H,8-14,16H2,(H,24,28)(H2,25,26,29). The topological polar surface area (TPSA) is 91.9 Å². The quantitative estimate of drug-likeness (QED) is 0.662. The van der Waals surface area contributed by atoms with E-state index < -0.39 is 0 Å². The Balaban J connectivity index is 1.28. The summed E-state index contributed by atoms with van der Waals surface area (Å²) in [7, 11) is 0. The van der Waals surface area contributed by atoms with E-state index in [4.69, 9.17) is 9.47 Å². The molecule has 164 valence electrons. The highest BCUT2D eigenvalue weighted by atomic mass is 16.5. The van der Waals surface area contributed by atoms with Crippen molar-refractivity contribution in [2.24, 2.45) is 5.92 Å². The number of anilines is 2. The second-order valence-electron chi connectivity index (χ2n) is 7.72. The first kappa shape index (κ1) is 21.1. The van der Waals surface area contributed by atoms with Crippen LogP contribution in [0.4, 0.5) is 16.2 Å². The van der Waals surface area contributed by atoms with Crippen molar-refractivity contribution in [2.75, 3.05) is 56.6 Å². The fourth-order valence-corrected chi connectivity index (χ4v) is 3.76. The molecule has 31 heavy (non-hydrogen) atoms. The first-order valence-electron chi connectivity index (χ1n) is 10.6. The second-order valence-corrected chi connectivity index (χ2v) is 7.72. The molecule has 1 fully saturated rings. The summed E-state index contributed by atoms with van der Waals surface area (Å²) in [5.41, 5.74) is 2.29. The molecule has 8 heteroatoms. The molecule has 2 aromatic carbocycles. The van der Waals surface area contributed by atoms with Gasteiger partial charge in [0.2, 0.25) is 5.91 Å². The Morgan fingerprint density at radius 2 is 1.77 bits per heavy atom. The molecular formula is C23H28N4O4. The normalized spacial score (nSPS) is 18.4. The Hall–Kier alpha value is -3.10. The van der Waals surface area contributed by atoms with Gasteiger partial charge in [-0.3, -0.25) is 9.69 Å². The minimum atomic E-state index is -0.319. The third-order valence-corrected chi connectivity index (χ3v) is 5.46. The molecule has 8 nitrogen and oxygen atoms in total. The predicted molar refractivity (Wildman–Crippen MR) is 118 cm³/mol. The Kier molecular flexibility index (Phi) is 7.01. The van der Waals surface area contributed by atoms with Crippen molar-refractivity contribution in [1.82, 2.24) is 10.2 Å². The molecule has 1 unspecified atom stereocenters. The Labute approximate surface area is 181 Å². The third-order valence-electron chi connectivity index (χ3n) is 5.46. The highest BCUT2D eigenvalue weighted by Gasteiger charge is 2.26. The van der Waals surface area contributed by atoms with Gasteiger partial charge in [0, 0.05) is 37.6 Å². The number of hydrogen-bond acceptors (Lipinski definition) is 5. The number of hydrogen-bond donors (Lipinski definition) is 3. The smallest absolute Gasteiger partial charge is 0.323 e. The average Bonchev–Trinajstić information content (AvgIpc) is 2.80. The summed E-state index contributed by atoms with van der Waals surface area (Å²) in [6, 6.07) is 14.4. The van der Waals surface area contributed by atoms with Gasteiger partial charge < -0.3 is 25.4 Å². The van der Waals surface area contributed by atoms with E-state index in [1.165, 1.54) is 0 Å². The van der Waals surface area contributed by atoms with Gasteiger partial charge >= 0.3 is 6.03 Å². The largest absolute Gasteiger partial charge is 0.492 e. The Morgan fingerprint density at radius 3 is 2.58 bits per heavy atom. The number of para-hydroxylation sites is 1. The molecule has 2 aromatic rings. The lowest BCUT2D eigenvalue weighted by molar-refractivity contribution is -0.126. The molecule has 0 radical (unpaired) electrons. The van der Waals surface area contributed by atoms with Crippen LogP contribution >= 0.6 is 0 Å². The minimum Gasteiger partial charge on any atom is -0.492 e. The van der Waals surface area contributed by atoms with Crippen LogP contribution in [0.3, 0.4) is 0 Å². The molecule has 0 spiro atoms. The first-order valence-corrected chi connectivity index (χ1v) is 10.6. The predicted octanol–water partition coefficient (Wildman–Crippen LogP) is 2.33. The van der Waals surface area contributed by atoms with Crippen LogP contribution in [0.25, 0.3) is 0 Å². The monoisotopic (exact) mass is 424 g/mol. The molecular weight excluding hydrogens is 396 g/mol. The van der Waals surface area contributed by atoms with E-state index >= 15 is 0 Å². The summed E-state index contributed by atoms with van der Waals surface area (Å²) in [4.78, 5) is 27.1. The summed E-state index contributed by atoms with van der Waals surface area (Å²) in [6.45, 7) is 5.11. The van der Waals surface area contributed by atoms with Crippen molar-refractivity contribution in [3.05, 3.63) is 54.1 Å². The number of ether oxygens (including phenoxy) is 2. The fourth-order valence-electron chi connectivity index (χ4n) is 3.76. The molecule has 4 rings (SSSR count). The van der Waals surface area contributed by atoms with E-state index in [0.717, 1.165) is 49.8 Å². The van der Waals surface area contributed by atoms with Gasteiger partial charge in [0.05, 0.1) is 19.1 Å². The van der Waals surface area contributed by atoms with E-state index in [-0.39, 0.29) is 17.9 Å². The number of urea groups is 1. The molecule has 1 saturated heterocycles. The van der Waals surface area contributed by atoms with Crippen LogP contribution in [0.1, 0.15) is 5.56 Å². The summed E-state index contributed by atoms with van der Waals surface area (Å²) < 4.78 is 11.1. The molecule has 2 heterocycles. The number of nitrogens with one attached hydrogen (secondary N) is 3. The molecule has 2 aliphatic rings. The third kappa shape index (κ3) is 5.96. The van der Waals surface area contributed by atoms with Crippen LogP contribution in [0.2, 0.25) is 0 Å². The lowest BCUT2D eigenvalue weighted by Crippen LogP contribution is -2.43. The zero-order valence-electron chi connectivity index (χ0n) is 17.4. The second kappa shape index (κ2) is 10.3. The Morgan fingerprint density at radius 1 is 1.00 bits per heavy atom. The molecule has 1 atom stereocenters. The lowest BCUT2D eigenvalue weighted by Gasteiger charge is -2.28. The van der Waals surface area contributed by atoms with E-state index in [1.54, 1.807) is 6.07 Å². The number of carbonyl (C=O) groups is 2. The summed E-state index contributed by atoms with van der Waals surface area (Å²) in [6.07, 6.45) is 0.578. The van der Waals surface area contributed by atoms with Gasteiger partial charge in [-0.15, -0.1) is 0 Å².